The molecule has 158 valence electrons. The highest BCUT2D eigenvalue weighted by atomic mass is 79.9. The molecule has 2 aromatic rings. The van der Waals surface area contributed by atoms with Crippen molar-refractivity contribution in [1.82, 2.24) is 0 Å². The number of nitrogens with zero attached hydrogens (tertiary/aromatic N) is 1. The van der Waals surface area contributed by atoms with Crippen LogP contribution < -0.4 is 4.74 Å². The van der Waals surface area contributed by atoms with Crippen LogP contribution in [0.15, 0.2) is 51.9 Å². The zero-order valence-electron chi connectivity index (χ0n) is 17.5. The van der Waals surface area contributed by atoms with Gasteiger partial charge >= 0.3 is 0 Å². The van der Waals surface area contributed by atoms with Crippen LogP contribution >= 0.6 is 15.9 Å². The van der Waals surface area contributed by atoms with Gasteiger partial charge in [0, 0.05) is 28.9 Å². The van der Waals surface area contributed by atoms with Gasteiger partial charge in [-0.25, -0.2) is 0 Å². The van der Waals surface area contributed by atoms with Crippen molar-refractivity contribution in [3.05, 3.63) is 63.6 Å². The lowest BCUT2D eigenvalue weighted by atomic mass is 9.85. The van der Waals surface area contributed by atoms with Crippen molar-refractivity contribution < 1.29 is 19.3 Å². The quantitative estimate of drug-likeness (QED) is 0.309. The van der Waals surface area contributed by atoms with Gasteiger partial charge in [-0.15, -0.1) is 0 Å². The Hall–Kier alpha value is -1.73. The highest BCUT2D eigenvalue weighted by Gasteiger charge is 2.22. The standard InChI is InChI=1S/C23H30BrNO4/c1-23(2,3)20-13-19(24)12-18(22(20)29-16-28-11-10-27-4)14-25-21(15-26)17-8-6-5-7-9-17/h5-9,12-14,21,26H,10-11,15-16H2,1-4H3/b25-14+. The average Bonchev–Trinajstić information content (AvgIpc) is 2.69. The number of rotatable bonds is 10. The van der Waals surface area contributed by atoms with Crippen LogP contribution in [0, 0.1) is 0 Å². The minimum atomic E-state index is -0.334. The molecule has 0 aliphatic carbocycles. The number of ether oxygens (including phenoxy) is 3. The van der Waals surface area contributed by atoms with Crippen molar-refractivity contribution in [2.75, 3.05) is 33.7 Å². The first-order valence-corrected chi connectivity index (χ1v) is 10.4. The fourth-order valence-electron chi connectivity index (χ4n) is 2.81. The zero-order valence-corrected chi connectivity index (χ0v) is 19.1. The van der Waals surface area contributed by atoms with Crippen molar-refractivity contribution in [2.24, 2.45) is 4.99 Å². The summed E-state index contributed by atoms with van der Waals surface area (Å²) in [5.41, 5.74) is 2.70. The Labute approximate surface area is 181 Å². The van der Waals surface area contributed by atoms with Crippen LogP contribution in [0.1, 0.15) is 43.5 Å². The Bertz CT molecular complexity index is 787. The second-order valence-corrected chi connectivity index (χ2v) is 8.59. The highest BCUT2D eigenvalue weighted by Crippen LogP contribution is 2.36. The second kappa shape index (κ2) is 11.5. The molecule has 0 radical (unpaired) electrons. The topological polar surface area (TPSA) is 60.3 Å². The van der Waals surface area contributed by atoms with Crippen molar-refractivity contribution in [3.8, 4) is 5.75 Å². The third kappa shape index (κ3) is 7.23. The second-order valence-electron chi connectivity index (χ2n) is 7.67. The van der Waals surface area contributed by atoms with Crippen molar-refractivity contribution >= 4 is 22.1 Å². The Morgan fingerprint density at radius 2 is 1.86 bits per heavy atom. The van der Waals surface area contributed by atoms with Gasteiger partial charge in [0.2, 0.25) is 0 Å². The van der Waals surface area contributed by atoms with E-state index in [1.165, 1.54) is 0 Å². The predicted octanol–water partition coefficient (Wildman–Crippen LogP) is 4.90. The summed E-state index contributed by atoms with van der Waals surface area (Å²) in [5.74, 6) is 0.728. The van der Waals surface area contributed by atoms with Crippen LogP contribution in [0.2, 0.25) is 0 Å². The molecule has 0 fully saturated rings. The van der Waals surface area contributed by atoms with Crippen molar-refractivity contribution in [3.63, 3.8) is 0 Å². The van der Waals surface area contributed by atoms with E-state index in [1.54, 1.807) is 13.3 Å². The summed E-state index contributed by atoms with van der Waals surface area (Å²) in [6, 6.07) is 13.4. The molecule has 1 N–H and O–H groups in total. The van der Waals surface area contributed by atoms with Gasteiger partial charge in [0.25, 0.3) is 0 Å². The van der Waals surface area contributed by atoms with Gasteiger partial charge in [-0.05, 0) is 23.1 Å². The fourth-order valence-corrected chi connectivity index (χ4v) is 3.29. The number of aliphatic imine (C=N–C) groups is 1. The van der Waals surface area contributed by atoms with Gasteiger partial charge in [0.15, 0.2) is 6.79 Å². The van der Waals surface area contributed by atoms with Crippen LogP contribution in [-0.2, 0) is 14.9 Å². The van der Waals surface area contributed by atoms with E-state index in [9.17, 15) is 5.11 Å². The number of halogens is 1. The number of aliphatic hydroxyl groups is 1. The molecule has 0 spiro atoms. The van der Waals surface area contributed by atoms with Crippen LogP contribution in [0.25, 0.3) is 0 Å². The molecule has 2 rings (SSSR count). The van der Waals surface area contributed by atoms with Gasteiger partial charge < -0.3 is 19.3 Å². The van der Waals surface area contributed by atoms with Crippen LogP contribution in [0.3, 0.4) is 0 Å². The van der Waals surface area contributed by atoms with Crippen LogP contribution in [0.4, 0.5) is 0 Å². The van der Waals surface area contributed by atoms with Gasteiger partial charge in [-0.3, -0.25) is 4.99 Å². The maximum Gasteiger partial charge on any atom is 0.189 e. The van der Waals surface area contributed by atoms with E-state index in [1.807, 2.05) is 36.4 Å². The van der Waals surface area contributed by atoms with Gasteiger partial charge in [-0.2, -0.15) is 0 Å². The molecule has 0 saturated heterocycles. The SMILES string of the molecule is COCCOCOc1c(/C=N/C(CO)c2ccccc2)cc(Br)cc1C(C)(C)C. The maximum atomic E-state index is 9.80. The summed E-state index contributed by atoms with van der Waals surface area (Å²) in [4.78, 5) is 4.63. The van der Waals surface area contributed by atoms with E-state index < -0.39 is 0 Å². The molecule has 2 aromatic carbocycles. The Morgan fingerprint density at radius 3 is 2.48 bits per heavy atom. The minimum absolute atomic E-state index is 0.0725. The number of hydrogen-bond acceptors (Lipinski definition) is 5. The van der Waals surface area contributed by atoms with Crippen LogP contribution in [0.5, 0.6) is 5.75 Å². The molecule has 0 aliphatic rings. The molecule has 5 nitrogen and oxygen atoms in total. The number of benzene rings is 2. The minimum Gasteiger partial charge on any atom is -0.467 e. The van der Waals surface area contributed by atoms with E-state index in [0.717, 1.165) is 26.9 Å². The van der Waals surface area contributed by atoms with E-state index in [2.05, 4.69) is 47.8 Å². The normalized spacial score (nSPS) is 13.0. The molecule has 0 aliphatic heterocycles. The molecule has 1 atom stereocenters. The van der Waals surface area contributed by atoms with Gasteiger partial charge in [0.1, 0.15) is 5.75 Å². The monoisotopic (exact) mass is 463 g/mol. The smallest absolute Gasteiger partial charge is 0.189 e. The Morgan fingerprint density at radius 1 is 1.14 bits per heavy atom. The van der Waals surface area contributed by atoms with Crippen LogP contribution in [-0.4, -0.2) is 45.0 Å². The molecule has 0 saturated carbocycles. The first-order chi connectivity index (χ1) is 13.9. The Kier molecular flexibility index (Phi) is 9.30. The first kappa shape index (κ1) is 23.5. The van der Waals surface area contributed by atoms with E-state index in [0.29, 0.717) is 13.2 Å². The summed E-state index contributed by atoms with van der Waals surface area (Å²) in [5, 5.41) is 9.80. The van der Waals surface area contributed by atoms with E-state index in [-0.39, 0.29) is 24.9 Å². The molecule has 6 heteroatoms. The van der Waals surface area contributed by atoms with Crippen molar-refractivity contribution in [1.29, 1.82) is 0 Å². The third-order valence-corrected chi connectivity index (χ3v) is 4.82. The summed E-state index contributed by atoms with van der Waals surface area (Å²) in [6.07, 6.45) is 1.76. The predicted molar refractivity (Wildman–Crippen MR) is 120 cm³/mol. The molecule has 0 heterocycles. The first-order valence-electron chi connectivity index (χ1n) is 9.59. The molecule has 29 heavy (non-hydrogen) atoms. The lowest BCUT2D eigenvalue weighted by Crippen LogP contribution is -2.17. The maximum absolute atomic E-state index is 9.80. The summed E-state index contributed by atoms with van der Waals surface area (Å²) >= 11 is 3.60. The third-order valence-electron chi connectivity index (χ3n) is 4.36. The summed E-state index contributed by atoms with van der Waals surface area (Å²) < 4.78 is 17.5. The average molecular weight is 464 g/mol. The fraction of sp³-hybridized carbons (Fsp3) is 0.435. The highest BCUT2D eigenvalue weighted by molar-refractivity contribution is 9.10. The lowest BCUT2D eigenvalue weighted by Gasteiger charge is -2.24. The molecule has 0 amide bonds. The molecular weight excluding hydrogens is 434 g/mol. The van der Waals surface area contributed by atoms with E-state index >= 15 is 0 Å². The number of hydrogen-bond donors (Lipinski definition) is 1. The van der Waals surface area contributed by atoms with Gasteiger partial charge in [0.05, 0.1) is 25.9 Å². The largest absolute Gasteiger partial charge is 0.467 e. The molecule has 0 aromatic heterocycles. The molecule has 1 unspecified atom stereocenters. The molecular formula is C23H30BrNO4. The zero-order chi connectivity index (χ0) is 21.3. The Balaban J connectivity index is 2.34. The summed E-state index contributed by atoms with van der Waals surface area (Å²) in [7, 11) is 1.63. The summed E-state index contributed by atoms with van der Waals surface area (Å²) in [6.45, 7) is 7.42. The number of methoxy groups -OCH3 is 1. The lowest BCUT2D eigenvalue weighted by molar-refractivity contribution is -0.00924. The van der Waals surface area contributed by atoms with Gasteiger partial charge in [-0.1, -0.05) is 67.0 Å². The van der Waals surface area contributed by atoms with E-state index in [4.69, 9.17) is 14.2 Å². The van der Waals surface area contributed by atoms with Crippen molar-refractivity contribution in [2.45, 2.75) is 32.2 Å². The molecule has 0 bridgehead atoms. The number of aliphatic hydroxyl groups excluding tert-OH is 1.